The van der Waals surface area contributed by atoms with Gasteiger partial charge in [-0.15, -0.1) is 0 Å². The Hall–Kier alpha value is -0.310. The Morgan fingerprint density at radius 3 is 3.33 bits per heavy atom. The molecule has 0 aliphatic carbocycles. The maximum Gasteiger partial charge on any atom is 0.124 e. The standard InChI is InChI=1S/C6H7BrN2/c7-5-4-9-3-1-2-6(9)8-5/h4H,1-3H2. The summed E-state index contributed by atoms with van der Waals surface area (Å²) in [5.74, 6) is 1.22. The summed E-state index contributed by atoms with van der Waals surface area (Å²) in [7, 11) is 0. The number of rotatable bonds is 0. The van der Waals surface area contributed by atoms with Gasteiger partial charge in [-0.2, -0.15) is 0 Å². The van der Waals surface area contributed by atoms with Gasteiger partial charge in [0.05, 0.1) is 0 Å². The molecule has 0 bridgehead atoms. The van der Waals surface area contributed by atoms with E-state index in [2.05, 4.69) is 25.5 Å². The molecule has 9 heavy (non-hydrogen) atoms. The second-order valence-corrected chi connectivity index (χ2v) is 3.09. The van der Waals surface area contributed by atoms with Gasteiger partial charge in [-0.3, -0.25) is 0 Å². The van der Waals surface area contributed by atoms with Crippen LogP contribution in [0.15, 0.2) is 10.8 Å². The molecule has 1 aliphatic heterocycles. The molecule has 0 spiro atoms. The van der Waals surface area contributed by atoms with Gasteiger partial charge < -0.3 is 4.57 Å². The Morgan fingerprint density at radius 2 is 2.56 bits per heavy atom. The minimum absolute atomic E-state index is 0.970. The highest BCUT2D eigenvalue weighted by atomic mass is 79.9. The lowest BCUT2D eigenvalue weighted by atomic mass is 10.4. The summed E-state index contributed by atoms with van der Waals surface area (Å²) < 4.78 is 3.17. The fourth-order valence-electron chi connectivity index (χ4n) is 1.22. The van der Waals surface area contributed by atoms with Crippen LogP contribution in [0.4, 0.5) is 0 Å². The smallest absolute Gasteiger partial charge is 0.124 e. The lowest BCUT2D eigenvalue weighted by Gasteiger charge is -1.88. The van der Waals surface area contributed by atoms with Crippen LogP contribution in [0.3, 0.4) is 0 Å². The molecule has 0 saturated carbocycles. The van der Waals surface area contributed by atoms with Gasteiger partial charge >= 0.3 is 0 Å². The molecule has 0 fully saturated rings. The lowest BCUT2D eigenvalue weighted by Crippen LogP contribution is -1.87. The zero-order valence-corrected chi connectivity index (χ0v) is 6.56. The van der Waals surface area contributed by atoms with E-state index in [-0.39, 0.29) is 0 Å². The maximum atomic E-state index is 4.27. The van der Waals surface area contributed by atoms with Crippen LogP contribution in [0.2, 0.25) is 0 Å². The second-order valence-electron chi connectivity index (χ2n) is 2.28. The molecule has 0 aromatic carbocycles. The van der Waals surface area contributed by atoms with Gasteiger partial charge in [-0.1, -0.05) is 0 Å². The molecule has 2 nitrogen and oxygen atoms in total. The van der Waals surface area contributed by atoms with Crippen LogP contribution in [0.5, 0.6) is 0 Å². The van der Waals surface area contributed by atoms with E-state index in [9.17, 15) is 0 Å². The number of imidazole rings is 1. The minimum Gasteiger partial charge on any atom is -0.334 e. The maximum absolute atomic E-state index is 4.27. The van der Waals surface area contributed by atoms with Gasteiger partial charge in [0, 0.05) is 19.2 Å². The van der Waals surface area contributed by atoms with Crippen LogP contribution in [0, 0.1) is 0 Å². The first-order valence-electron chi connectivity index (χ1n) is 3.08. The third-order valence-corrected chi connectivity index (χ3v) is 2.01. The van der Waals surface area contributed by atoms with Crippen LogP contribution in [0.1, 0.15) is 12.2 Å². The summed E-state index contributed by atoms with van der Waals surface area (Å²) in [4.78, 5) is 4.27. The Morgan fingerprint density at radius 1 is 1.67 bits per heavy atom. The second kappa shape index (κ2) is 1.84. The molecule has 0 saturated heterocycles. The summed E-state index contributed by atoms with van der Waals surface area (Å²) in [6.45, 7) is 1.15. The molecule has 1 aromatic heterocycles. The normalized spacial score (nSPS) is 16.1. The van der Waals surface area contributed by atoms with Crippen molar-refractivity contribution >= 4 is 15.9 Å². The van der Waals surface area contributed by atoms with Gasteiger partial charge in [0.2, 0.25) is 0 Å². The van der Waals surface area contributed by atoms with Crippen LogP contribution in [-0.4, -0.2) is 9.55 Å². The molecular formula is C6H7BrN2. The van der Waals surface area contributed by atoms with Crippen molar-refractivity contribution in [2.75, 3.05) is 0 Å². The Labute approximate surface area is 62.0 Å². The molecule has 1 aliphatic rings. The molecule has 0 amide bonds. The first kappa shape index (κ1) is 5.47. The SMILES string of the molecule is Brc1cn2c(n1)CCC2. The van der Waals surface area contributed by atoms with Gasteiger partial charge in [0.15, 0.2) is 0 Å². The number of aromatic nitrogens is 2. The summed E-state index contributed by atoms with van der Waals surface area (Å²) in [6.07, 6.45) is 4.45. The van der Waals surface area contributed by atoms with E-state index < -0.39 is 0 Å². The highest BCUT2D eigenvalue weighted by Gasteiger charge is 2.11. The van der Waals surface area contributed by atoms with Gasteiger partial charge in [-0.25, -0.2) is 4.98 Å². The molecule has 1 aromatic rings. The average molecular weight is 187 g/mol. The quantitative estimate of drug-likeness (QED) is 0.603. The van der Waals surface area contributed by atoms with Crippen molar-refractivity contribution in [3.8, 4) is 0 Å². The number of hydrogen-bond donors (Lipinski definition) is 0. The van der Waals surface area contributed by atoms with Crippen molar-refractivity contribution in [1.82, 2.24) is 9.55 Å². The highest BCUT2D eigenvalue weighted by Crippen LogP contribution is 2.16. The predicted octanol–water partition coefficient (Wildman–Crippen LogP) is 1.59. The molecule has 0 unspecified atom stereocenters. The van der Waals surface area contributed by atoms with Crippen LogP contribution in [0.25, 0.3) is 0 Å². The summed E-state index contributed by atoms with van der Waals surface area (Å²) in [6, 6.07) is 0. The van der Waals surface area contributed by atoms with Gasteiger partial charge in [0.1, 0.15) is 10.4 Å². The third-order valence-electron chi connectivity index (χ3n) is 1.63. The highest BCUT2D eigenvalue weighted by molar-refractivity contribution is 9.10. The minimum atomic E-state index is 0.970. The van der Waals surface area contributed by atoms with Crippen molar-refractivity contribution in [2.24, 2.45) is 0 Å². The fourth-order valence-corrected chi connectivity index (χ4v) is 1.67. The number of fused-ring (bicyclic) bond motifs is 1. The van der Waals surface area contributed by atoms with Crippen molar-refractivity contribution < 1.29 is 0 Å². The largest absolute Gasteiger partial charge is 0.334 e. The monoisotopic (exact) mass is 186 g/mol. The zero-order valence-electron chi connectivity index (χ0n) is 4.97. The predicted molar refractivity (Wildman–Crippen MR) is 38.2 cm³/mol. The Bertz CT molecular complexity index is 207. The topological polar surface area (TPSA) is 17.8 Å². The summed E-state index contributed by atoms with van der Waals surface area (Å²) in [5, 5.41) is 0. The lowest BCUT2D eigenvalue weighted by molar-refractivity contribution is 0.749. The van der Waals surface area contributed by atoms with Crippen molar-refractivity contribution in [3.63, 3.8) is 0 Å². The van der Waals surface area contributed by atoms with Gasteiger partial charge in [-0.05, 0) is 22.4 Å². The molecule has 48 valence electrons. The first-order chi connectivity index (χ1) is 4.36. The van der Waals surface area contributed by atoms with Crippen LogP contribution < -0.4 is 0 Å². The first-order valence-corrected chi connectivity index (χ1v) is 3.87. The number of hydrogen-bond acceptors (Lipinski definition) is 1. The summed E-state index contributed by atoms with van der Waals surface area (Å²) >= 11 is 3.33. The molecule has 2 heterocycles. The molecule has 0 N–H and O–H groups in total. The third kappa shape index (κ3) is 0.796. The molecular weight excluding hydrogens is 180 g/mol. The van der Waals surface area contributed by atoms with E-state index in [4.69, 9.17) is 0 Å². The molecule has 2 rings (SSSR count). The number of nitrogens with zero attached hydrogens (tertiary/aromatic N) is 2. The molecule has 3 heteroatoms. The van der Waals surface area contributed by atoms with Crippen molar-refractivity contribution in [3.05, 3.63) is 16.6 Å². The average Bonchev–Trinajstić information content (AvgIpc) is 2.22. The Kier molecular flexibility index (Phi) is 1.12. The van der Waals surface area contributed by atoms with E-state index in [0.29, 0.717) is 0 Å². The van der Waals surface area contributed by atoms with E-state index in [0.717, 1.165) is 17.6 Å². The van der Waals surface area contributed by atoms with Gasteiger partial charge in [0.25, 0.3) is 0 Å². The van der Waals surface area contributed by atoms with Crippen molar-refractivity contribution in [2.45, 2.75) is 19.4 Å². The zero-order chi connectivity index (χ0) is 6.27. The Balaban J connectivity index is 2.51. The van der Waals surface area contributed by atoms with E-state index >= 15 is 0 Å². The summed E-state index contributed by atoms with van der Waals surface area (Å²) in [5.41, 5.74) is 0. The molecule has 0 radical (unpaired) electrons. The van der Waals surface area contributed by atoms with Crippen molar-refractivity contribution in [1.29, 1.82) is 0 Å². The number of halogens is 1. The van der Waals surface area contributed by atoms with Crippen LogP contribution in [-0.2, 0) is 13.0 Å². The fraction of sp³-hybridized carbons (Fsp3) is 0.500. The van der Waals surface area contributed by atoms with E-state index in [1.165, 1.54) is 12.2 Å². The number of aryl methyl sites for hydroxylation is 2. The van der Waals surface area contributed by atoms with E-state index in [1.807, 2.05) is 6.20 Å². The van der Waals surface area contributed by atoms with Crippen LogP contribution >= 0.6 is 15.9 Å². The van der Waals surface area contributed by atoms with E-state index in [1.54, 1.807) is 0 Å². The molecule has 0 atom stereocenters.